The molecule has 4 heteroatoms. The van der Waals surface area contributed by atoms with Crippen LogP contribution in [0.3, 0.4) is 0 Å². The predicted octanol–water partition coefficient (Wildman–Crippen LogP) is 2.64. The number of fused-ring (bicyclic) bond motifs is 3. The SMILES string of the molecule is C=C1C(=O)OC2C1C(OCC(C)C)CC1(C)C(O)C=CC(=C)C21. The summed E-state index contributed by atoms with van der Waals surface area (Å²) in [6.45, 7) is 14.9. The van der Waals surface area contributed by atoms with Crippen LogP contribution >= 0.6 is 0 Å². The Labute approximate surface area is 137 Å². The molecule has 6 atom stereocenters. The van der Waals surface area contributed by atoms with Crippen LogP contribution in [0.15, 0.2) is 36.5 Å². The monoisotopic (exact) mass is 318 g/mol. The van der Waals surface area contributed by atoms with Gasteiger partial charge in [-0.05, 0) is 17.9 Å². The maximum atomic E-state index is 12.1. The van der Waals surface area contributed by atoms with Crippen LogP contribution in [0, 0.1) is 23.2 Å². The van der Waals surface area contributed by atoms with Crippen molar-refractivity contribution in [3.05, 3.63) is 36.5 Å². The molecule has 0 spiro atoms. The van der Waals surface area contributed by atoms with Gasteiger partial charge in [0.1, 0.15) is 6.10 Å². The van der Waals surface area contributed by atoms with E-state index in [0.717, 1.165) is 5.57 Å². The Hall–Kier alpha value is -1.39. The first-order valence-electron chi connectivity index (χ1n) is 8.32. The van der Waals surface area contributed by atoms with Gasteiger partial charge >= 0.3 is 5.97 Å². The molecule has 0 radical (unpaired) electrons. The van der Waals surface area contributed by atoms with E-state index in [1.807, 2.05) is 13.0 Å². The number of aliphatic hydroxyl groups excluding tert-OH is 1. The minimum absolute atomic E-state index is 0.102. The van der Waals surface area contributed by atoms with Crippen LogP contribution in [0.5, 0.6) is 0 Å². The zero-order valence-corrected chi connectivity index (χ0v) is 14.1. The lowest BCUT2D eigenvalue weighted by molar-refractivity contribution is -0.159. The average molecular weight is 318 g/mol. The Balaban J connectivity index is 1.98. The number of allylic oxidation sites excluding steroid dienone is 1. The second-order valence-electron chi connectivity index (χ2n) is 7.75. The largest absolute Gasteiger partial charge is 0.458 e. The summed E-state index contributed by atoms with van der Waals surface area (Å²) in [5.74, 6) is -0.208. The van der Waals surface area contributed by atoms with Gasteiger partial charge in [-0.3, -0.25) is 0 Å². The van der Waals surface area contributed by atoms with Gasteiger partial charge in [-0.15, -0.1) is 0 Å². The number of aliphatic hydroxyl groups is 1. The van der Waals surface area contributed by atoms with Crippen molar-refractivity contribution in [3.63, 3.8) is 0 Å². The van der Waals surface area contributed by atoms with Gasteiger partial charge in [0.15, 0.2) is 0 Å². The smallest absolute Gasteiger partial charge is 0.334 e. The van der Waals surface area contributed by atoms with Crippen LogP contribution < -0.4 is 0 Å². The van der Waals surface area contributed by atoms with Crippen LogP contribution in [0.4, 0.5) is 0 Å². The average Bonchev–Trinajstić information content (AvgIpc) is 2.76. The predicted molar refractivity (Wildman–Crippen MR) is 87.6 cm³/mol. The number of rotatable bonds is 3. The van der Waals surface area contributed by atoms with Crippen LogP contribution in [-0.4, -0.2) is 36.0 Å². The van der Waals surface area contributed by atoms with E-state index in [1.54, 1.807) is 6.08 Å². The van der Waals surface area contributed by atoms with Crippen molar-refractivity contribution in [1.82, 2.24) is 0 Å². The third-order valence-electron chi connectivity index (χ3n) is 5.55. The molecule has 0 aromatic rings. The molecule has 3 rings (SSSR count). The first-order chi connectivity index (χ1) is 10.8. The van der Waals surface area contributed by atoms with E-state index in [4.69, 9.17) is 9.47 Å². The standard InChI is InChI=1S/C19H26O4/c1-10(2)9-22-13-8-19(5)14(20)7-6-11(3)16(19)17-15(13)12(4)18(21)23-17/h6-7,10,13-17,20H,3-4,8-9H2,1-2,5H3. The van der Waals surface area contributed by atoms with Gasteiger partial charge < -0.3 is 14.6 Å². The zero-order chi connectivity index (χ0) is 16.9. The van der Waals surface area contributed by atoms with E-state index >= 15 is 0 Å². The third-order valence-corrected chi connectivity index (χ3v) is 5.55. The molecule has 3 aliphatic rings. The molecule has 0 aromatic heterocycles. The van der Waals surface area contributed by atoms with Crippen molar-refractivity contribution in [3.8, 4) is 0 Å². The molecule has 1 N–H and O–H groups in total. The molecule has 2 aliphatic carbocycles. The Morgan fingerprint density at radius 2 is 2.17 bits per heavy atom. The summed E-state index contributed by atoms with van der Waals surface area (Å²) >= 11 is 0. The summed E-state index contributed by atoms with van der Waals surface area (Å²) in [6.07, 6.45) is 3.17. The van der Waals surface area contributed by atoms with Gasteiger partial charge in [-0.1, -0.05) is 46.1 Å². The van der Waals surface area contributed by atoms with Gasteiger partial charge in [-0.25, -0.2) is 4.79 Å². The number of hydrogen-bond donors (Lipinski definition) is 1. The number of carbonyl (C=O) groups excluding carboxylic acids is 1. The van der Waals surface area contributed by atoms with Gasteiger partial charge in [0, 0.05) is 23.5 Å². The zero-order valence-electron chi connectivity index (χ0n) is 14.1. The van der Waals surface area contributed by atoms with Crippen molar-refractivity contribution in [2.24, 2.45) is 23.2 Å². The Morgan fingerprint density at radius 1 is 1.48 bits per heavy atom. The molecule has 23 heavy (non-hydrogen) atoms. The van der Waals surface area contributed by atoms with E-state index in [9.17, 15) is 9.90 Å². The summed E-state index contributed by atoms with van der Waals surface area (Å²) in [7, 11) is 0. The maximum Gasteiger partial charge on any atom is 0.334 e. The molecule has 1 aliphatic heterocycles. The molecule has 0 bridgehead atoms. The Kier molecular flexibility index (Phi) is 4.01. The van der Waals surface area contributed by atoms with Crippen LogP contribution in [-0.2, 0) is 14.3 Å². The first kappa shape index (κ1) is 16.5. The van der Waals surface area contributed by atoms with Crippen molar-refractivity contribution >= 4 is 5.97 Å². The van der Waals surface area contributed by atoms with E-state index < -0.39 is 11.5 Å². The fourth-order valence-electron chi connectivity index (χ4n) is 4.34. The molecule has 6 unspecified atom stereocenters. The van der Waals surface area contributed by atoms with Crippen LogP contribution in [0.2, 0.25) is 0 Å². The van der Waals surface area contributed by atoms with E-state index in [2.05, 4.69) is 27.0 Å². The molecule has 1 heterocycles. The lowest BCUT2D eigenvalue weighted by atomic mass is 9.55. The fourth-order valence-corrected chi connectivity index (χ4v) is 4.34. The summed E-state index contributed by atoms with van der Waals surface area (Å²) in [5.41, 5.74) is 0.944. The molecule has 4 nitrogen and oxygen atoms in total. The van der Waals surface area contributed by atoms with Crippen molar-refractivity contribution in [2.45, 2.75) is 45.5 Å². The highest BCUT2D eigenvalue weighted by molar-refractivity contribution is 5.91. The maximum absolute atomic E-state index is 12.1. The molecular formula is C19H26O4. The number of carbonyl (C=O) groups is 1. The second kappa shape index (κ2) is 5.60. The Morgan fingerprint density at radius 3 is 2.83 bits per heavy atom. The van der Waals surface area contributed by atoms with Gasteiger partial charge in [0.05, 0.1) is 18.1 Å². The second-order valence-corrected chi connectivity index (χ2v) is 7.75. The highest BCUT2D eigenvalue weighted by atomic mass is 16.6. The molecule has 2 fully saturated rings. The minimum Gasteiger partial charge on any atom is -0.458 e. The number of hydrogen-bond acceptors (Lipinski definition) is 4. The van der Waals surface area contributed by atoms with Crippen LogP contribution in [0.25, 0.3) is 0 Å². The summed E-state index contributed by atoms with van der Waals surface area (Å²) in [4.78, 5) is 12.1. The number of esters is 1. The van der Waals surface area contributed by atoms with E-state index in [0.29, 0.717) is 24.5 Å². The van der Waals surface area contributed by atoms with E-state index in [-0.39, 0.29) is 30.0 Å². The summed E-state index contributed by atoms with van der Waals surface area (Å²) in [6, 6.07) is 0. The summed E-state index contributed by atoms with van der Waals surface area (Å²) in [5, 5.41) is 10.6. The van der Waals surface area contributed by atoms with Crippen molar-refractivity contribution in [2.75, 3.05) is 6.61 Å². The van der Waals surface area contributed by atoms with Crippen molar-refractivity contribution in [1.29, 1.82) is 0 Å². The topological polar surface area (TPSA) is 55.8 Å². The molecule has 1 saturated carbocycles. The third kappa shape index (κ3) is 2.48. The normalized spacial score (nSPS) is 42.7. The van der Waals surface area contributed by atoms with Gasteiger partial charge in [-0.2, -0.15) is 0 Å². The fraction of sp³-hybridized carbons (Fsp3) is 0.632. The van der Waals surface area contributed by atoms with E-state index in [1.165, 1.54) is 0 Å². The first-order valence-corrected chi connectivity index (χ1v) is 8.32. The lowest BCUT2D eigenvalue weighted by Crippen LogP contribution is -2.57. The molecule has 0 amide bonds. The molecule has 0 aromatic carbocycles. The van der Waals surface area contributed by atoms with Gasteiger partial charge in [0.25, 0.3) is 0 Å². The quantitative estimate of drug-likeness (QED) is 0.642. The molecular weight excluding hydrogens is 292 g/mol. The minimum atomic E-state index is -0.600. The van der Waals surface area contributed by atoms with Crippen LogP contribution in [0.1, 0.15) is 27.2 Å². The molecule has 126 valence electrons. The highest BCUT2D eigenvalue weighted by Crippen LogP contribution is 2.56. The highest BCUT2D eigenvalue weighted by Gasteiger charge is 2.60. The Bertz CT molecular complexity index is 576. The van der Waals surface area contributed by atoms with Gasteiger partial charge in [0.2, 0.25) is 0 Å². The lowest BCUT2D eigenvalue weighted by Gasteiger charge is -2.53. The van der Waals surface area contributed by atoms with Crippen molar-refractivity contribution < 1.29 is 19.4 Å². The molecule has 1 saturated heterocycles. The summed E-state index contributed by atoms with van der Waals surface area (Å²) < 4.78 is 11.8. The number of ether oxygens (including phenoxy) is 2.